The zero-order chi connectivity index (χ0) is 14.7. The van der Waals surface area contributed by atoms with Gasteiger partial charge in [0.2, 0.25) is 10.0 Å². The Bertz CT molecular complexity index is 534. The number of anilines is 1. The second kappa shape index (κ2) is 6.21. The van der Waals surface area contributed by atoms with Crippen LogP contribution in [-0.2, 0) is 10.0 Å². The summed E-state index contributed by atoms with van der Waals surface area (Å²) >= 11 is 3.23. The lowest BCUT2D eigenvalue weighted by Crippen LogP contribution is -2.50. The van der Waals surface area contributed by atoms with Gasteiger partial charge in [0.05, 0.1) is 17.8 Å². The molecule has 0 unspecified atom stereocenters. The Labute approximate surface area is 122 Å². The molecule has 0 heterocycles. The van der Waals surface area contributed by atoms with Crippen molar-refractivity contribution in [2.75, 3.05) is 12.3 Å². The molecule has 1 rings (SSSR count). The molecule has 0 atom stereocenters. The molecule has 7 heteroatoms. The molecular weight excluding hydrogens is 332 g/mol. The van der Waals surface area contributed by atoms with Crippen LogP contribution < -0.4 is 10.5 Å². The van der Waals surface area contributed by atoms with E-state index in [1.807, 2.05) is 13.8 Å². The Hall–Kier alpha value is -0.630. The van der Waals surface area contributed by atoms with E-state index in [2.05, 4.69) is 20.7 Å². The first-order valence-corrected chi connectivity index (χ1v) is 8.27. The molecule has 0 aliphatic heterocycles. The quantitative estimate of drug-likeness (QED) is 0.682. The number of nitrogens with one attached hydrogen (secondary N) is 1. The molecule has 0 bridgehead atoms. The van der Waals surface area contributed by atoms with E-state index in [1.54, 1.807) is 6.07 Å². The van der Waals surface area contributed by atoms with E-state index < -0.39 is 15.6 Å². The summed E-state index contributed by atoms with van der Waals surface area (Å²) in [4.78, 5) is 0.0235. The Kier molecular flexibility index (Phi) is 5.37. The number of sulfonamides is 1. The van der Waals surface area contributed by atoms with Gasteiger partial charge in [-0.2, -0.15) is 0 Å². The monoisotopic (exact) mass is 350 g/mol. The highest BCUT2D eigenvalue weighted by Gasteiger charge is 2.32. The van der Waals surface area contributed by atoms with Crippen LogP contribution in [0.1, 0.15) is 26.7 Å². The van der Waals surface area contributed by atoms with E-state index in [4.69, 9.17) is 5.73 Å². The van der Waals surface area contributed by atoms with Crippen LogP contribution in [0.15, 0.2) is 27.6 Å². The first-order chi connectivity index (χ1) is 8.80. The molecule has 0 amide bonds. The van der Waals surface area contributed by atoms with Crippen molar-refractivity contribution in [2.45, 2.75) is 37.1 Å². The topological polar surface area (TPSA) is 92.4 Å². The molecule has 0 spiro atoms. The summed E-state index contributed by atoms with van der Waals surface area (Å²) in [6, 6.07) is 4.59. The summed E-state index contributed by atoms with van der Waals surface area (Å²) in [5.41, 5.74) is 5.06. The third-order valence-corrected chi connectivity index (χ3v) is 5.41. The van der Waals surface area contributed by atoms with Crippen molar-refractivity contribution in [1.29, 1.82) is 0 Å². The second-order valence-electron chi connectivity index (χ2n) is 4.43. The summed E-state index contributed by atoms with van der Waals surface area (Å²) in [6.45, 7) is 3.40. The molecule has 0 radical (unpaired) electrons. The van der Waals surface area contributed by atoms with Crippen molar-refractivity contribution >= 4 is 31.6 Å². The average molecular weight is 351 g/mol. The lowest BCUT2D eigenvalue weighted by molar-refractivity contribution is 0.172. The van der Waals surface area contributed by atoms with Gasteiger partial charge in [-0.25, -0.2) is 13.1 Å². The van der Waals surface area contributed by atoms with Gasteiger partial charge in [-0.15, -0.1) is 0 Å². The van der Waals surface area contributed by atoms with Crippen molar-refractivity contribution < 1.29 is 13.5 Å². The smallest absolute Gasteiger partial charge is 0.243 e. The molecule has 19 heavy (non-hydrogen) atoms. The predicted octanol–water partition coefficient (Wildman–Crippen LogP) is 1.86. The molecule has 5 nitrogen and oxygen atoms in total. The summed E-state index contributed by atoms with van der Waals surface area (Å²) in [5.74, 6) is 0. The number of rotatable bonds is 6. The molecule has 1 aromatic rings. The number of benzene rings is 1. The first kappa shape index (κ1) is 16.4. The molecule has 0 saturated heterocycles. The van der Waals surface area contributed by atoms with E-state index in [0.717, 1.165) is 0 Å². The number of halogens is 1. The van der Waals surface area contributed by atoms with Gasteiger partial charge >= 0.3 is 0 Å². The lowest BCUT2D eigenvalue weighted by Gasteiger charge is -2.30. The maximum atomic E-state index is 12.3. The number of nitrogens with two attached hydrogens (primary N) is 1. The van der Waals surface area contributed by atoms with Crippen molar-refractivity contribution in [3.05, 3.63) is 22.7 Å². The molecule has 0 aliphatic carbocycles. The fraction of sp³-hybridized carbons (Fsp3) is 0.500. The Balaban J connectivity index is 3.17. The lowest BCUT2D eigenvalue weighted by atomic mass is 9.96. The van der Waals surface area contributed by atoms with Gasteiger partial charge in [-0.1, -0.05) is 29.8 Å². The van der Waals surface area contributed by atoms with Crippen molar-refractivity contribution in [1.82, 2.24) is 4.72 Å². The van der Waals surface area contributed by atoms with Crippen LogP contribution in [0.25, 0.3) is 0 Å². The largest absolute Gasteiger partial charge is 0.398 e. The SMILES string of the molecule is CCC(CC)(CO)NS(=O)(=O)c1ccc(Br)cc1N. The molecule has 108 valence electrons. The summed E-state index contributed by atoms with van der Waals surface area (Å²) in [7, 11) is -3.76. The highest BCUT2D eigenvalue weighted by atomic mass is 79.9. The minimum atomic E-state index is -3.76. The van der Waals surface area contributed by atoms with Crippen molar-refractivity contribution in [3.8, 4) is 0 Å². The van der Waals surface area contributed by atoms with Gasteiger partial charge in [-0.3, -0.25) is 0 Å². The summed E-state index contributed by atoms with van der Waals surface area (Å²) < 4.78 is 27.9. The zero-order valence-electron chi connectivity index (χ0n) is 11.0. The van der Waals surface area contributed by atoms with Crippen molar-refractivity contribution in [2.24, 2.45) is 0 Å². The molecule has 0 fully saturated rings. The molecule has 0 saturated carbocycles. The van der Waals surface area contributed by atoms with Crippen LogP contribution in [0.3, 0.4) is 0 Å². The average Bonchev–Trinajstić information content (AvgIpc) is 2.35. The van der Waals surface area contributed by atoms with Gasteiger partial charge in [0.1, 0.15) is 4.90 Å². The third-order valence-electron chi connectivity index (χ3n) is 3.27. The van der Waals surface area contributed by atoms with Gasteiger partial charge < -0.3 is 10.8 Å². The van der Waals surface area contributed by atoms with E-state index in [-0.39, 0.29) is 17.2 Å². The Morgan fingerprint density at radius 2 is 1.95 bits per heavy atom. The van der Waals surface area contributed by atoms with Crippen LogP contribution in [0, 0.1) is 0 Å². The summed E-state index contributed by atoms with van der Waals surface area (Å²) in [5, 5.41) is 9.43. The highest BCUT2D eigenvalue weighted by molar-refractivity contribution is 9.10. The van der Waals surface area contributed by atoms with Crippen molar-refractivity contribution in [3.63, 3.8) is 0 Å². The van der Waals surface area contributed by atoms with Crippen LogP contribution >= 0.6 is 15.9 Å². The molecule has 0 aromatic heterocycles. The van der Waals surface area contributed by atoms with Gasteiger partial charge in [-0.05, 0) is 31.0 Å². The maximum absolute atomic E-state index is 12.3. The number of aliphatic hydroxyl groups is 1. The number of nitrogen functional groups attached to an aromatic ring is 1. The van der Waals surface area contributed by atoms with Crippen LogP contribution in [0.5, 0.6) is 0 Å². The third kappa shape index (κ3) is 3.68. The minimum absolute atomic E-state index is 0.0235. The molecule has 0 aliphatic rings. The zero-order valence-corrected chi connectivity index (χ0v) is 13.4. The number of aliphatic hydroxyl groups excluding tert-OH is 1. The normalized spacial score (nSPS) is 12.6. The Morgan fingerprint density at radius 1 is 1.37 bits per heavy atom. The van der Waals surface area contributed by atoms with Gasteiger partial charge in [0.15, 0.2) is 0 Å². The van der Waals surface area contributed by atoms with E-state index >= 15 is 0 Å². The van der Waals surface area contributed by atoms with Gasteiger partial charge in [0, 0.05) is 4.47 Å². The summed E-state index contributed by atoms with van der Waals surface area (Å²) in [6.07, 6.45) is 0.991. The number of hydrogen-bond donors (Lipinski definition) is 3. The van der Waals surface area contributed by atoms with Crippen LogP contribution in [0.4, 0.5) is 5.69 Å². The number of hydrogen-bond acceptors (Lipinski definition) is 4. The second-order valence-corrected chi connectivity index (χ2v) is 7.00. The molecule has 4 N–H and O–H groups in total. The van der Waals surface area contributed by atoms with E-state index in [1.165, 1.54) is 12.1 Å². The van der Waals surface area contributed by atoms with Crippen LogP contribution in [-0.4, -0.2) is 25.7 Å². The Morgan fingerprint density at radius 3 is 2.37 bits per heavy atom. The fourth-order valence-corrected chi connectivity index (χ4v) is 3.78. The van der Waals surface area contributed by atoms with E-state index in [9.17, 15) is 13.5 Å². The molecule has 1 aromatic carbocycles. The molecular formula is C12H19BrN2O3S. The van der Waals surface area contributed by atoms with Crippen LogP contribution in [0.2, 0.25) is 0 Å². The van der Waals surface area contributed by atoms with E-state index in [0.29, 0.717) is 17.3 Å². The first-order valence-electron chi connectivity index (χ1n) is 6.00. The minimum Gasteiger partial charge on any atom is -0.398 e. The van der Waals surface area contributed by atoms with Gasteiger partial charge in [0.25, 0.3) is 0 Å². The standard InChI is InChI=1S/C12H19BrN2O3S/c1-3-12(4-2,8-16)15-19(17,18)11-6-5-9(13)7-10(11)14/h5-7,15-16H,3-4,8,14H2,1-2H3. The predicted molar refractivity (Wildman–Crippen MR) is 79.3 cm³/mol. The maximum Gasteiger partial charge on any atom is 0.243 e. The fourth-order valence-electron chi connectivity index (χ4n) is 1.75. The highest BCUT2D eigenvalue weighted by Crippen LogP contribution is 2.25.